The summed E-state index contributed by atoms with van der Waals surface area (Å²) in [4.78, 5) is 29.1. The molecule has 0 spiro atoms. The van der Waals surface area contributed by atoms with Crippen LogP contribution in [0.1, 0.15) is 10.4 Å². The number of benzene rings is 2. The van der Waals surface area contributed by atoms with Crippen LogP contribution in [-0.4, -0.2) is 25.8 Å². The van der Waals surface area contributed by atoms with E-state index in [1.165, 1.54) is 12.1 Å². The van der Waals surface area contributed by atoms with Gasteiger partial charge in [-0.15, -0.1) is 0 Å². The number of carbonyl (C=O) groups is 1. The highest BCUT2D eigenvalue weighted by atomic mass is 19.1. The van der Waals surface area contributed by atoms with Gasteiger partial charge in [0.25, 0.3) is 5.91 Å². The Morgan fingerprint density at radius 1 is 1.00 bits per heavy atom. The van der Waals surface area contributed by atoms with Gasteiger partial charge in [0.1, 0.15) is 17.2 Å². The molecule has 3 aromatic heterocycles. The van der Waals surface area contributed by atoms with Gasteiger partial charge in [0, 0.05) is 17.1 Å². The average molecular weight is 383 g/mol. The number of nitrogens with zero attached hydrogens (tertiary/aromatic N) is 3. The molecule has 0 aliphatic carbocycles. The fourth-order valence-corrected chi connectivity index (χ4v) is 3.18. The molecule has 5 rings (SSSR count). The normalized spacial score (nSPS) is 11.1. The molecule has 0 aliphatic heterocycles. The third-order valence-electron chi connectivity index (χ3n) is 4.60. The monoisotopic (exact) mass is 383 g/mol. The molecule has 0 aliphatic rings. The van der Waals surface area contributed by atoms with E-state index in [0.717, 1.165) is 10.9 Å². The topological polar surface area (TPSA) is 83.6 Å². The number of para-hydroxylation sites is 1. The van der Waals surface area contributed by atoms with Crippen LogP contribution in [0.4, 0.5) is 10.1 Å². The fraction of sp³-hybridized carbons (Fsp3) is 0. The molecule has 6 nitrogen and oxygen atoms in total. The van der Waals surface area contributed by atoms with Crippen LogP contribution in [-0.2, 0) is 0 Å². The number of pyridine rings is 2. The molecule has 5 aromatic rings. The number of aromatic amines is 1. The predicted molar refractivity (Wildman–Crippen MR) is 109 cm³/mol. The fourth-order valence-electron chi connectivity index (χ4n) is 3.18. The number of nitrogens with one attached hydrogen (secondary N) is 2. The molecule has 7 heteroatoms. The van der Waals surface area contributed by atoms with Crippen LogP contribution in [0, 0.1) is 5.82 Å². The number of carbonyl (C=O) groups excluding carboxylic acids is 1. The van der Waals surface area contributed by atoms with Crippen molar-refractivity contribution in [3.05, 3.63) is 84.4 Å². The summed E-state index contributed by atoms with van der Waals surface area (Å²) in [6, 6.07) is 17.1. The summed E-state index contributed by atoms with van der Waals surface area (Å²) < 4.78 is 13.2. The Kier molecular flexibility index (Phi) is 3.98. The van der Waals surface area contributed by atoms with Crippen LogP contribution < -0.4 is 5.32 Å². The van der Waals surface area contributed by atoms with Crippen molar-refractivity contribution in [3.63, 3.8) is 0 Å². The Balaban J connectivity index is 1.50. The van der Waals surface area contributed by atoms with Gasteiger partial charge in [0.2, 0.25) is 0 Å². The summed E-state index contributed by atoms with van der Waals surface area (Å²) in [6.45, 7) is 0. The van der Waals surface area contributed by atoms with Crippen molar-refractivity contribution in [2.75, 3.05) is 5.32 Å². The van der Waals surface area contributed by atoms with E-state index in [2.05, 4.69) is 25.3 Å². The molecule has 0 atom stereocenters. The van der Waals surface area contributed by atoms with Crippen LogP contribution in [0.2, 0.25) is 0 Å². The largest absolute Gasteiger partial charge is 0.323 e. The molecule has 3 heterocycles. The van der Waals surface area contributed by atoms with Crippen molar-refractivity contribution in [2.45, 2.75) is 0 Å². The summed E-state index contributed by atoms with van der Waals surface area (Å²) in [5.74, 6) is -0.126. The van der Waals surface area contributed by atoms with Gasteiger partial charge < -0.3 is 10.3 Å². The number of aromatic nitrogens is 4. The number of anilines is 1. The molecule has 0 bridgehead atoms. The predicted octanol–water partition coefficient (Wildman–Crippen LogP) is 4.56. The molecule has 0 saturated carbocycles. The van der Waals surface area contributed by atoms with E-state index in [9.17, 15) is 9.18 Å². The van der Waals surface area contributed by atoms with Crippen molar-refractivity contribution >= 4 is 33.7 Å². The van der Waals surface area contributed by atoms with Gasteiger partial charge in [-0.1, -0.05) is 18.2 Å². The summed E-state index contributed by atoms with van der Waals surface area (Å²) in [5, 5.41) is 3.80. The first-order valence-corrected chi connectivity index (χ1v) is 8.94. The molecule has 2 N–H and O–H groups in total. The smallest absolute Gasteiger partial charge is 0.258 e. The van der Waals surface area contributed by atoms with Gasteiger partial charge in [-0.25, -0.2) is 14.4 Å². The lowest BCUT2D eigenvalue weighted by Gasteiger charge is -2.06. The summed E-state index contributed by atoms with van der Waals surface area (Å²) in [6.07, 6.45) is 3.16. The van der Waals surface area contributed by atoms with Crippen LogP contribution in [0.15, 0.2) is 73.1 Å². The molecule has 0 unspecified atom stereocenters. The highest BCUT2D eigenvalue weighted by Gasteiger charge is 2.16. The van der Waals surface area contributed by atoms with Crippen LogP contribution >= 0.6 is 0 Å². The maximum absolute atomic E-state index is 13.2. The number of fused-ring (bicyclic) bond motifs is 2. The Morgan fingerprint density at radius 2 is 1.83 bits per heavy atom. The molecule has 29 heavy (non-hydrogen) atoms. The lowest BCUT2D eigenvalue weighted by molar-refractivity contribution is 0.102. The summed E-state index contributed by atoms with van der Waals surface area (Å²) in [5.41, 5.74) is 3.45. The minimum absolute atomic E-state index is 0.313. The second-order valence-corrected chi connectivity index (χ2v) is 6.52. The van der Waals surface area contributed by atoms with E-state index in [-0.39, 0.29) is 11.7 Å². The van der Waals surface area contributed by atoms with E-state index in [0.29, 0.717) is 33.8 Å². The zero-order valence-electron chi connectivity index (χ0n) is 15.1. The van der Waals surface area contributed by atoms with Gasteiger partial charge in [-0.3, -0.25) is 9.78 Å². The first kappa shape index (κ1) is 17.0. The van der Waals surface area contributed by atoms with Crippen LogP contribution in [0.3, 0.4) is 0 Å². The summed E-state index contributed by atoms with van der Waals surface area (Å²) >= 11 is 0. The Labute approximate surface area is 164 Å². The van der Waals surface area contributed by atoms with E-state index in [1.807, 2.05) is 30.3 Å². The van der Waals surface area contributed by atoms with Crippen LogP contribution in [0.5, 0.6) is 0 Å². The van der Waals surface area contributed by atoms with Gasteiger partial charge in [0.15, 0.2) is 5.65 Å². The lowest BCUT2D eigenvalue weighted by atomic mass is 10.2. The Hall–Kier alpha value is -4.13. The maximum atomic E-state index is 13.2. The van der Waals surface area contributed by atoms with Crippen molar-refractivity contribution in [1.29, 1.82) is 0 Å². The lowest BCUT2D eigenvalue weighted by Crippen LogP contribution is -2.12. The van der Waals surface area contributed by atoms with Gasteiger partial charge in [0.05, 0.1) is 23.0 Å². The van der Waals surface area contributed by atoms with E-state index >= 15 is 0 Å². The third kappa shape index (κ3) is 3.19. The number of amides is 1. The highest BCUT2D eigenvalue weighted by Crippen LogP contribution is 2.23. The molecule has 1 amide bonds. The van der Waals surface area contributed by atoms with Crippen molar-refractivity contribution in [1.82, 2.24) is 19.9 Å². The highest BCUT2D eigenvalue weighted by molar-refractivity contribution is 6.11. The SMILES string of the molecule is O=C(Nc1cnc2ccccc2c1)c1ccnc2[nH]c(-c3ccc(F)cc3)nc12. The number of halogens is 1. The zero-order chi connectivity index (χ0) is 19.8. The van der Waals surface area contributed by atoms with Gasteiger partial charge >= 0.3 is 0 Å². The van der Waals surface area contributed by atoms with Gasteiger partial charge in [-0.2, -0.15) is 0 Å². The minimum atomic E-state index is -0.327. The molecular weight excluding hydrogens is 369 g/mol. The second kappa shape index (κ2) is 6.79. The Morgan fingerprint density at radius 3 is 2.69 bits per heavy atom. The quantitative estimate of drug-likeness (QED) is 0.478. The number of rotatable bonds is 3. The third-order valence-corrected chi connectivity index (χ3v) is 4.60. The number of hydrogen-bond donors (Lipinski definition) is 2. The zero-order valence-corrected chi connectivity index (χ0v) is 15.1. The van der Waals surface area contributed by atoms with Gasteiger partial charge in [-0.05, 0) is 42.5 Å². The van der Waals surface area contributed by atoms with Crippen molar-refractivity contribution < 1.29 is 9.18 Å². The standard InChI is InChI=1S/C22H14FN5O/c23-15-7-5-13(6-8-15)20-27-19-17(9-10-24-21(19)28-20)22(29)26-16-11-14-3-1-2-4-18(14)25-12-16/h1-12H,(H,26,29)(H,24,27,28). The molecule has 0 saturated heterocycles. The first-order chi connectivity index (χ1) is 14.2. The number of hydrogen-bond acceptors (Lipinski definition) is 4. The first-order valence-electron chi connectivity index (χ1n) is 8.94. The molecule has 0 radical (unpaired) electrons. The number of imidazole rings is 1. The van der Waals surface area contributed by atoms with E-state index < -0.39 is 0 Å². The Bertz CT molecular complexity index is 1360. The summed E-state index contributed by atoms with van der Waals surface area (Å²) in [7, 11) is 0. The number of H-pyrrole nitrogens is 1. The van der Waals surface area contributed by atoms with Crippen molar-refractivity contribution in [3.8, 4) is 11.4 Å². The van der Waals surface area contributed by atoms with E-state index in [1.54, 1.807) is 30.6 Å². The minimum Gasteiger partial charge on any atom is -0.323 e. The second-order valence-electron chi connectivity index (χ2n) is 6.52. The molecule has 0 fully saturated rings. The molecule has 2 aromatic carbocycles. The average Bonchev–Trinajstić information content (AvgIpc) is 3.18. The van der Waals surface area contributed by atoms with Crippen LogP contribution in [0.25, 0.3) is 33.5 Å². The molecule has 140 valence electrons. The molecular formula is C22H14FN5O. The maximum Gasteiger partial charge on any atom is 0.258 e. The van der Waals surface area contributed by atoms with Crippen molar-refractivity contribution in [2.24, 2.45) is 0 Å². The van der Waals surface area contributed by atoms with E-state index in [4.69, 9.17) is 0 Å².